The molecule has 0 aliphatic carbocycles. The van der Waals surface area contributed by atoms with E-state index in [0.717, 1.165) is 22.1 Å². The van der Waals surface area contributed by atoms with Gasteiger partial charge in [0, 0.05) is 0 Å². The van der Waals surface area contributed by atoms with Gasteiger partial charge < -0.3 is 0 Å². The first kappa shape index (κ1) is 21.2. The van der Waals surface area contributed by atoms with Crippen LogP contribution in [-0.4, -0.2) is 31.9 Å². The average Bonchev–Trinajstić information content (AvgIpc) is 2.85. The van der Waals surface area contributed by atoms with Crippen LogP contribution in [0, 0.1) is 0 Å². The Labute approximate surface area is 187 Å². The normalized spacial score (nSPS) is 11.0. The Bertz CT molecular complexity index is 1010. The molecule has 0 saturated carbocycles. The van der Waals surface area contributed by atoms with Crippen LogP contribution < -0.4 is 15.5 Å². The molecule has 0 amide bonds. The van der Waals surface area contributed by atoms with Crippen molar-refractivity contribution in [1.82, 2.24) is 0 Å². The third-order valence-electron chi connectivity index (χ3n) is 5.32. The molecule has 0 aromatic heterocycles. The van der Waals surface area contributed by atoms with E-state index >= 15 is 0 Å². The first-order valence-corrected chi connectivity index (χ1v) is 15.7. The number of rotatable bonds is 7. The van der Waals surface area contributed by atoms with Gasteiger partial charge in [-0.25, -0.2) is 0 Å². The molecule has 0 bridgehead atoms. The summed E-state index contributed by atoms with van der Waals surface area (Å²) in [6.45, 7) is 0. The standard InChI is InChI=1S/C9H10O3.3C6H5.Sn/c1-12-8-4-2-7(3-5-8)6-9(10)11;3*1-2-4-6-5-3-1;/h2-5H,6H2,1H3,(H,10,11);3*1-5H;/q;;;;+1/p-1. The summed E-state index contributed by atoms with van der Waals surface area (Å²) in [6.07, 6.45) is 0.217. The van der Waals surface area contributed by atoms with Gasteiger partial charge in [-0.2, -0.15) is 0 Å². The van der Waals surface area contributed by atoms with Gasteiger partial charge in [-0.05, 0) is 0 Å². The molecule has 4 rings (SSSR count). The van der Waals surface area contributed by atoms with E-state index in [1.165, 1.54) is 0 Å². The summed E-state index contributed by atoms with van der Waals surface area (Å²) in [5, 5.41) is 0. The summed E-state index contributed by atoms with van der Waals surface area (Å²) < 4.78 is 15.1. The number of hydrogen-bond donors (Lipinski definition) is 0. The van der Waals surface area contributed by atoms with Crippen molar-refractivity contribution in [2.24, 2.45) is 0 Å². The fourth-order valence-electron chi connectivity index (χ4n) is 3.81. The average molecular weight is 515 g/mol. The van der Waals surface area contributed by atoms with Crippen molar-refractivity contribution >= 4 is 35.5 Å². The first-order valence-electron chi connectivity index (χ1n) is 10.2. The Kier molecular flexibility index (Phi) is 6.72. The number of benzene rings is 4. The summed E-state index contributed by atoms with van der Waals surface area (Å²) in [7, 11) is 1.63. The zero-order valence-electron chi connectivity index (χ0n) is 17.4. The molecule has 0 atom stereocenters. The van der Waals surface area contributed by atoms with E-state index in [9.17, 15) is 4.79 Å². The Morgan fingerprint density at radius 3 is 1.45 bits per heavy atom. The molecule has 0 aliphatic heterocycles. The molecule has 154 valence electrons. The molecule has 4 aromatic rings. The SMILES string of the molecule is COc1ccc(CC(=O)[O][Sn]([c]2ccccc2)([c]2ccccc2)[c]2ccccc2)cc1. The number of carbonyl (C=O) groups is 1. The Balaban J connectivity index is 1.78. The fourth-order valence-corrected chi connectivity index (χ4v) is 14.5. The molecule has 0 aliphatic rings. The van der Waals surface area contributed by atoms with Crippen molar-refractivity contribution < 1.29 is 12.6 Å². The van der Waals surface area contributed by atoms with Crippen LogP contribution in [0.5, 0.6) is 5.75 Å². The molecule has 0 N–H and O–H groups in total. The van der Waals surface area contributed by atoms with E-state index in [2.05, 4.69) is 36.4 Å². The summed E-state index contributed by atoms with van der Waals surface area (Å²) in [5.41, 5.74) is 0.903. The first-order chi connectivity index (χ1) is 15.2. The third kappa shape index (κ3) is 4.67. The fraction of sp³-hybridized carbons (Fsp3) is 0.0741. The molecular formula is C27H24O3Sn. The number of hydrogen-bond acceptors (Lipinski definition) is 3. The zero-order valence-corrected chi connectivity index (χ0v) is 20.3. The summed E-state index contributed by atoms with van der Waals surface area (Å²) >= 11 is -4.05. The van der Waals surface area contributed by atoms with E-state index in [0.29, 0.717) is 0 Å². The van der Waals surface area contributed by atoms with Crippen molar-refractivity contribution in [2.45, 2.75) is 6.42 Å². The molecule has 0 radical (unpaired) electrons. The van der Waals surface area contributed by atoms with Gasteiger partial charge in [-0.3, -0.25) is 0 Å². The van der Waals surface area contributed by atoms with Crippen LogP contribution in [-0.2, 0) is 14.3 Å². The van der Waals surface area contributed by atoms with Gasteiger partial charge in [0.05, 0.1) is 0 Å². The maximum absolute atomic E-state index is 13.3. The van der Waals surface area contributed by atoms with Crippen LogP contribution in [0.2, 0.25) is 0 Å². The molecule has 31 heavy (non-hydrogen) atoms. The number of carbonyl (C=O) groups excluding carboxylic acids is 1. The van der Waals surface area contributed by atoms with Crippen LogP contribution >= 0.6 is 0 Å². The predicted molar refractivity (Wildman–Crippen MR) is 127 cm³/mol. The number of methoxy groups -OCH3 is 1. The van der Waals surface area contributed by atoms with Gasteiger partial charge >= 0.3 is 188 Å². The quantitative estimate of drug-likeness (QED) is 0.354. The van der Waals surface area contributed by atoms with Gasteiger partial charge in [0.15, 0.2) is 0 Å². The van der Waals surface area contributed by atoms with Gasteiger partial charge in [-0.1, -0.05) is 0 Å². The summed E-state index contributed by atoms with van der Waals surface area (Å²) in [4.78, 5) is 13.3. The van der Waals surface area contributed by atoms with Gasteiger partial charge in [-0.15, -0.1) is 0 Å². The monoisotopic (exact) mass is 516 g/mol. The van der Waals surface area contributed by atoms with Crippen molar-refractivity contribution in [3.63, 3.8) is 0 Å². The predicted octanol–water partition coefficient (Wildman–Crippen LogP) is 3.45. The zero-order chi connectivity index (χ0) is 21.5. The van der Waals surface area contributed by atoms with Crippen LogP contribution in [0.3, 0.4) is 0 Å². The van der Waals surface area contributed by atoms with Gasteiger partial charge in [0.25, 0.3) is 0 Å². The van der Waals surface area contributed by atoms with Crippen molar-refractivity contribution in [1.29, 1.82) is 0 Å². The van der Waals surface area contributed by atoms with Crippen molar-refractivity contribution in [3.8, 4) is 5.75 Å². The molecule has 0 spiro atoms. The maximum atomic E-state index is 13.3. The van der Waals surface area contributed by atoms with Gasteiger partial charge in [0.2, 0.25) is 0 Å². The van der Waals surface area contributed by atoms with Crippen LogP contribution in [0.25, 0.3) is 0 Å². The molecule has 0 saturated heterocycles. The van der Waals surface area contributed by atoms with Gasteiger partial charge in [0.1, 0.15) is 0 Å². The molecule has 4 aromatic carbocycles. The van der Waals surface area contributed by atoms with E-state index in [4.69, 9.17) is 7.81 Å². The van der Waals surface area contributed by atoms with E-state index < -0.39 is 18.8 Å². The van der Waals surface area contributed by atoms with E-state index in [1.54, 1.807) is 7.11 Å². The van der Waals surface area contributed by atoms with Crippen molar-refractivity contribution in [2.75, 3.05) is 7.11 Å². The summed E-state index contributed by atoms with van der Waals surface area (Å²) in [5.74, 6) is 0.557. The second kappa shape index (κ2) is 9.84. The Morgan fingerprint density at radius 2 is 1.06 bits per heavy atom. The second-order valence-electron chi connectivity index (χ2n) is 7.28. The Morgan fingerprint density at radius 1 is 0.645 bits per heavy atom. The molecular weight excluding hydrogens is 491 g/mol. The molecule has 3 nitrogen and oxygen atoms in total. The third-order valence-corrected chi connectivity index (χ3v) is 16.7. The van der Waals surface area contributed by atoms with Crippen LogP contribution in [0.1, 0.15) is 5.56 Å². The molecule has 0 unspecified atom stereocenters. The van der Waals surface area contributed by atoms with Crippen LogP contribution in [0.4, 0.5) is 0 Å². The number of ether oxygens (including phenoxy) is 1. The minimum absolute atomic E-state index is 0.211. The van der Waals surface area contributed by atoms with Crippen LogP contribution in [0.15, 0.2) is 115 Å². The second-order valence-corrected chi connectivity index (χ2v) is 16.7. The minimum atomic E-state index is -4.05. The van der Waals surface area contributed by atoms with E-state index in [-0.39, 0.29) is 12.4 Å². The Hall–Kier alpha value is -3.05. The van der Waals surface area contributed by atoms with Crippen molar-refractivity contribution in [3.05, 3.63) is 121 Å². The summed E-state index contributed by atoms with van der Waals surface area (Å²) in [6, 6.07) is 38.2. The topological polar surface area (TPSA) is 35.5 Å². The van der Waals surface area contributed by atoms with E-state index in [1.807, 2.05) is 78.9 Å². The molecule has 0 fully saturated rings. The molecule has 0 heterocycles. The molecule has 4 heteroatoms.